The third kappa shape index (κ3) is 7.50. The van der Waals surface area contributed by atoms with E-state index in [0.717, 1.165) is 13.1 Å². The maximum absolute atomic E-state index is 4.50. The number of rotatable bonds is 3. The normalized spacial score (nSPS) is 7.11. The molecule has 0 bridgehead atoms. The highest BCUT2D eigenvalue weighted by molar-refractivity contribution is 4.66. The fourth-order valence-corrected chi connectivity index (χ4v) is 0.482. The smallest absolute Gasteiger partial charge is 0.0143 e. The van der Waals surface area contributed by atoms with Crippen molar-refractivity contribution < 1.29 is 0 Å². The second-order valence-corrected chi connectivity index (χ2v) is 1.40. The van der Waals surface area contributed by atoms with E-state index in [9.17, 15) is 0 Å². The minimum atomic E-state index is 1.07. The Morgan fingerprint density at radius 3 is 1.67 bits per heavy atom. The number of hydrogen-bond acceptors (Lipinski definition) is 2. The van der Waals surface area contributed by atoms with Gasteiger partial charge in [0.05, 0.1) is 0 Å². The van der Waals surface area contributed by atoms with Crippen molar-refractivity contribution in [3.05, 3.63) is 12.8 Å². The third-order valence-corrected chi connectivity index (χ3v) is 1.07. The van der Waals surface area contributed by atoms with E-state index >= 15 is 0 Å². The Bertz CT molecular complexity index is 48.9. The SMILES string of the molecule is C=CN(CC)CC.CN. The molecule has 2 N–H and O–H groups in total. The van der Waals surface area contributed by atoms with E-state index in [4.69, 9.17) is 0 Å². The van der Waals surface area contributed by atoms with Crippen molar-refractivity contribution in [3.8, 4) is 0 Å². The Balaban J connectivity index is 0. The van der Waals surface area contributed by atoms with E-state index in [2.05, 4.69) is 31.1 Å². The Kier molecular flexibility index (Phi) is 13.2. The van der Waals surface area contributed by atoms with Crippen molar-refractivity contribution in [3.63, 3.8) is 0 Å². The van der Waals surface area contributed by atoms with Crippen LogP contribution in [0.5, 0.6) is 0 Å². The monoisotopic (exact) mass is 130 g/mol. The molecule has 0 aliphatic carbocycles. The summed E-state index contributed by atoms with van der Waals surface area (Å²) in [6.07, 6.45) is 1.86. The minimum absolute atomic E-state index is 1.07. The van der Waals surface area contributed by atoms with Gasteiger partial charge in [-0.25, -0.2) is 0 Å². The van der Waals surface area contributed by atoms with Crippen LogP contribution in [0.25, 0.3) is 0 Å². The first-order valence-electron chi connectivity index (χ1n) is 3.29. The molecule has 0 aliphatic rings. The molecule has 9 heavy (non-hydrogen) atoms. The quantitative estimate of drug-likeness (QED) is 0.618. The van der Waals surface area contributed by atoms with Crippen LogP contribution in [-0.2, 0) is 0 Å². The van der Waals surface area contributed by atoms with Gasteiger partial charge in [-0.05, 0) is 27.1 Å². The molecule has 0 aromatic heterocycles. The van der Waals surface area contributed by atoms with E-state index in [1.807, 2.05) is 6.20 Å². The van der Waals surface area contributed by atoms with Gasteiger partial charge >= 0.3 is 0 Å². The summed E-state index contributed by atoms with van der Waals surface area (Å²) in [4.78, 5) is 2.14. The lowest BCUT2D eigenvalue weighted by Gasteiger charge is -2.12. The van der Waals surface area contributed by atoms with Gasteiger partial charge in [0.2, 0.25) is 0 Å². The third-order valence-electron chi connectivity index (χ3n) is 1.07. The van der Waals surface area contributed by atoms with Gasteiger partial charge in [0.1, 0.15) is 0 Å². The lowest BCUT2D eigenvalue weighted by atomic mass is 10.5. The molecule has 0 fully saturated rings. The highest BCUT2D eigenvalue weighted by atomic mass is 15.1. The first kappa shape index (κ1) is 11.3. The first-order valence-corrected chi connectivity index (χ1v) is 3.29. The van der Waals surface area contributed by atoms with E-state index in [-0.39, 0.29) is 0 Å². The number of nitrogens with two attached hydrogens (primary N) is 1. The van der Waals surface area contributed by atoms with E-state index in [0.29, 0.717) is 0 Å². The average molecular weight is 130 g/mol. The van der Waals surface area contributed by atoms with Crippen LogP contribution in [0, 0.1) is 0 Å². The highest BCUT2D eigenvalue weighted by Gasteiger charge is 1.83. The minimum Gasteiger partial charge on any atom is -0.378 e. The van der Waals surface area contributed by atoms with Gasteiger partial charge in [-0.3, -0.25) is 0 Å². The summed E-state index contributed by atoms with van der Waals surface area (Å²) in [6, 6.07) is 0. The molecule has 0 amide bonds. The van der Waals surface area contributed by atoms with Crippen LogP contribution in [0.1, 0.15) is 13.8 Å². The molecule has 56 valence electrons. The Morgan fingerprint density at radius 2 is 1.67 bits per heavy atom. The van der Waals surface area contributed by atoms with Gasteiger partial charge in [0.25, 0.3) is 0 Å². The molecule has 0 heterocycles. The van der Waals surface area contributed by atoms with Crippen molar-refractivity contribution in [2.75, 3.05) is 20.1 Å². The number of hydrogen-bond donors (Lipinski definition) is 1. The summed E-state index contributed by atoms with van der Waals surface area (Å²) in [5, 5.41) is 0. The molecule has 0 unspecified atom stereocenters. The zero-order valence-electron chi connectivity index (χ0n) is 6.72. The number of nitrogens with zero attached hydrogens (tertiary/aromatic N) is 1. The Morgan fingerprint density at radius 1 is 1.33 bits per heavy atom. The molecule has 0 aromatic carbocycles. The zero-order chi connectivity index (χ0) is 7.70. The molecule has 0 aliphatic heterocycles. The summed E-state index contributed by atoms with van der Waals surface area (Å²) in [6.45, 7) is 10.0. The van der Waals surface area contributed by atoms with Crippen LogP contribution in [0.15, 0.2) is 12.8 Å². The Hall–Kier alpha value is -0.500. The van der Waals surface area contributed by atoms with Crippen LogP contribution in [0.4, 0.5) is 0 Å². The summed E-state index contributed by atoms with van der Waals surface area (Å²) >= 11 is 0. The molecule has 0 atom stereocenters. The molecule has 2 nitrogen and oxygen atoms in total. The van der Waals surface area contributed by atoms with E-state index < -0.39 is 0 Å². The van der Waals surface area contributed by atoms with Crippen LogP contribution in [0.2, 0.25) is 0 Å². The van der Waals surface area contributed by atoms with Crippen LogP contribution in [0.3, 0.4) is 0 Å². The zero-order valence-corrected chi connectivity index (χ0v) is 6.72. The van der Waals surface area contributed by atoms with Crippen molar-refractivity contribution in [2.24, 2.45) is 5.73 Å². The second-order valence-electron chi connectivity index (χ2n) is 1.40. The van der Waals surface area contributed by atoms with Gasteiger partial charge in [0, 0.05) is 13.1 Å². The van der Waals surface area contributed by atoms with E-state index in [1.54, 1.807) is 0 Å². The van der Waals surface area contributed by atoms with Gasteiger partial charge in [-0.1, -0.05) is 6.58 Å². The van der Waals surface area contributed by atoms with Crippen LogP contribution in [-0.4, -0.2) is 25.0 Å². The maximum atomic E-state index is 4.50. The maximum Gasteiger partial charge on any atom is 0.0143 e. The molecule has 2 heteroatoms. The predicted molar refractivity (Wildman–Crippen MR) is 43.2 cm³/mol. The van der Waals surface area contributed by atoms with E-state index in [1.165, 1.54) is 7.05 Å². The largest absolute Gasteiger partial charge is 0.378 e. The summed E-state index contributed by atoms with van der Waals surface area (Å²) in [5.41, 5.74) is 4.50. The molecule has 0 rings (SSSR count). The predicted octanol–water partition coefficient (Wildman–Crippen LogP) is 1.05. The molecular weight excluding hydrogens is 112 g/mol. The van der Waals surface area contributed by atoms with Gasteiger partial charge < -0.3 is 10.6 Å². The lowest BCUT2D eigenvalue weighted by molar-refractivity contribution is 0.420. The fourth-order valence-electron chi connectivity index (χ4n) is 0.482. The summed E-state index contributed by atoms with van der Waals surface area (Å²) in [5.74, 6) is 0. The fraction of sp³-hybridized carbons (Fsp3) is 0.714. The average Bonchev–Trinajstić information content (AvgIpc) is 1.96. The van der Waals surface area contributed by atoms with Crippen LogP contribution < -0.4 is 5.73 Å². The Labute approximate surface area is 58.3 Å². The molecule has 0 radical (unpaired) electrons. The standard InChI is InChI=1S/C6H13N.CH5N/c1-4-7(5-2)6-3;1-2/h4H,1,5-6H2,2-3H3;2H2,1H3. The van der Waals surface area contributed by atoms with Crippen molar-refractivity contribution >= 4 is 0 Å². The summed E-state index contributed by atoms with van der Waals surface area (Å²) in [7, 11) is 1.50. The van der Waals surface area contributed by atoms with Crippen molar-refractivity contribution in [1.82, 2.24) is 4.90 Å². The molecule has 0 saturated heterocycles. The van der Waals surface area contributed by atoms with Gasteiger partial charge in [-0.2, -0.15) is 0 Å². The summed E-state index contributed by atoms with van der Waals surface area (Å²) < 4.78 is 0. The van der Waals surface area contributed by atoms with Crippen molar-refractivity contribution in [2.45, 2.75) is 13.8 Å². The molecule has 0 saturated carbocycles. The van der Waals surface area contributed by atoms with Gasteiger partial charge in [0.15, 0.2) is 0 Å². The molecule has 0 aromatic rings. The van der Waals surface area contributed by atoms with Crippen molar-refractivity contribution in [1.29, 1.82) is 0 Å². The molecular formula is C7H18N2. The lowest BCUT2D eigenvalue weighted by Crippen LogP contribution is -2.14. The topological polar surface area (TPSA) is 29.3 Å². The first-order chi connectivity index (χ1) is 4.35. The second kappa shape index (κ2) is 10.5. The highest BCUT2D eigenvalue weighted by Crippen LogP contribution is 1.82. The van der Waals surface area contributed by atoms with Gasteiger partial charge in [-0.15, -0.1) is 0 Å². The van der Waals surface area contributed by atoms with Crippen LogP contribution >= 0.6 is 0 Å². The molecule has 0 spiro atoms.